The summed E-state index contributed by atoms with van der Waals surface area (Å²) in [7, 11) is -3.64. The average Bonchev–Trinajstić information content (AvgIpc) is 3.97. The Balaban J connectivity index is 0.811. The molecular formula is C52H73N9O7S2. The van der Waals surface area contributed by atoms with E-state index in [1.807, 2.05) is 70.5 Å². The quantitative estimate of drug-likeness (QED) is 0.0465. The summed E-state index contributed by atoms with van der Waals surface area (Å²) in [5, 5.41) is 22.2. The lowest BCUT2D eigenvalue weighted by Gasteiger charge is -2.35. The molecule has 4 atom stereocenters. The van der Waals surface area contributed by atoms with E-state index in [0.29, 0.717) is 44.8 Å². The van der Waals surface area contributed by atoms with Crippen molar-refractivity contribution in [2.45, 2.75) is 141 Å². The van der Waals surface area contributed by atoms with E-state index in [9.17, 15) is 32.7 Å². The lowest BCUT2D eigenvalue weighted by Crippen LogP contribution is -2.57. The molecule has 5 amide bonds. The van der Waals surface area contributed by atoms with Gasteiger partial charge in [0.15, 0.2) is 0 Å². The molecule has 2 aliphatic rings. The predicted octanol–water partition coefficient (Wildman–Crippen LogP) is 7.41. The van der Waals surface area contributed by atoms with Gasteiger partial charge in [-0.25, -0.2) is 18.2 Å². The number of thiazole rings is 1. The van der Waals surface area contributed by atoms with Crippen LogP contribution in [-0.4, -0.2) is 119 Å². The SMILES string of the molecule is Cc1ncsc1-c1ccc([C@H](C)NC(=O)[C@@H]2C[C@@H](O)CN2C(=O)[C@@H](NC(=O)CCCCCCCCCCCN2CCN(S(=O)(=O)c3ccc(NC(=O)NCc4cccnc4)cc3)CC2)C(C)(C)C)cc1. The number of β-amino-alcohol motifs (C(OH)–C–C–N with tert-alkyl or cyclic N) is 1. The number of urea groups is 1. The van der Waals surface area contributed by atoms with Crippen LogP contribution < -0.4 is 21.3 Å². The van der Waals surface area contributed by atoms with E-state index >= 15 is 0 Å². The summed E-state index contributed by atoms with van der Waals surface area (Å²) in [6.07, 6.45) is 12.3. The third-order valence-corrected chi connectivity index (χ3v) is 16.1. The van der Waals surface area contributed by atoms with Gasteiger partial charge in [-0.05, 0) is 85.7 Å². The highest BCUT2D eigenvalue weighted by Crippen LogP contribution is 2.30. The molecule has 5 N–H and O–H groups in total. The van der Waals surface area contributed by atoms with Gasteiger partial charge in [0.25, 0.3) is 0 Å². The Bertz CT molecular complexity index is 2420. The van der Waals surface area contributed by atoms with E-state index in [4.69, 9.17) is 0 Å². The molecule has 4 heterocycles. The van der Waals surface area contributed by atoms with Crippen LogP contribution in [0.4, 0.5) is 10.5 Å². The van der Waals surface area contributed by atoms with Crippen molar-refractivity contribution in [3.05, 3.63) is 95.4 Å². The maximum Gasteiger partial charge on any atom is 0.319 e. The molecule has 4 aromatic rings. The van der Waals surface area contributed by atoms with Crippen LogP contribution in [0.2, 0.25) is 0 Å². The van der Waals surface area contributed by atoms with Gasteiger partial charge < -0.3 is 36.2 Å². The molecule has 0 radical (unpaired) electrons. The molecule has 2 saturated heterocycles. The topological polar surface area (TPSA) is 206 Å². The van der Waals surface area contributed by atoms with Gasteiger partial charge in [-0.3, -0.25) is 19.4 Å². The number of amides is 5. The smallest absolute Gasteiger partial charge is 0.319 e. The van der Waals surface area contributed by atoms with Crippen LogP contribution in [0, 0.1) is 12.3 Å². The highest BCUT2D eigenvalue weighted by molar-refractivity contribution is 7.89. The number of sulfonamides is 1. The summed E-state index contributed by atoms with van der Waals surface area (Å²) in [4.78, 5) is 66.7. The van der Waals surface area contributed by atoms with Crippen molar-refractivity contribution in [3.8, 4) is 10.4 Å². The number of piperazine rings is 1. The summed E-state index contributed by atoms with van der Waals surface area (Å²) in [5.74, 6) is -0.889. The lowest BCUT2D eigenvalue weighted by atomic mass is 9.85. The number of pyridine rings is 1. The van der Waals surface area contributed by atoms with Crippen molar-refractivity contribution in [1.29, 1.82) is 0 Å². The Kier molecular flexibility index (Phi) is 19.9. The Labute approximate surface area is 418 Å². The standard InChI is InChI=1S/C52H73N9O7S2/c1-37(40-18-20-41(21-19-40)47-38(2)55-36-69-47)56-49(64)45-32-43(62)35-61(45)50(65)48(52(3,4)5)58-46(63)17-13-11-9-7-6-8-10-12-14-27-59-28-30-60(31-29-59)70(67,68)44-24-22-42(23-25-44)57-51(66)54-34-39-16-15-26-53-33-39/h15-16,18-26,33,36-37,43,45,48,62H,6-14,17,27-32,34-35H2,1-5H3,(H,56,64)(H,58,63)(H2,54,57,66)/t37-,43+,45-,48+/m0/s1. The molecule has 2 aromatic heterocycles. The summed E-state index contributed by atoms with van der Waals surface area (Å²) in [6.45, 7) is 13.1. The number of carbonyl (C=O) groups excluding carboxylic acids is 4. The minimum absolute atomic E-state index is 0.0272. The Hall–Kier alpha value is -5.27. The molecule has 0 aliphatic carbocycles. The number of aliphatic hydroxyl groups excluding tert-OH is 1. The summed E-state index contributed by atoms with van der Waals surface area (Å²) < 4.78 is 28.3. The van der Waals surface area contributed by atoms with E-state index in [1.165, 1.54) is 21.3 Å². The van der Waals surface area contributed by atoms with Crippen LogP contribution in [0.15, 0.2) is 83.5 Å². The van der Waals surface area contributed by atoms with Crippen LogP contribution in [-0.2, 0) is 31.0 Å². The van der Waals surface area contributed by atoms with E-state index in [1.54, 1.807) is 41.9 Å². The first kappa shape index (κ1) is 54.1. The fraction of sp³-hybridized carbons (Fsp3) is 0.538. The predicted molar refractivity (Wildman–Crippen MR) is 274 cm³/mol. The Morgan fingerprint density at radius 3 is 2.13 bits per heavy atom. The second kappa shape index (κ2) is 25.7. The third kappa shape index (κ3) is 15.6. The summed E-state index contributed by atoms with van der Waals surface area (Å²) in [6, 6.07) is 15.5. The van der Waals surface area contributed by atoms with Crippen molar-refractivity contribution in [2.75, 3.05) is 44.6 Å². The van der Waals surface area contributed by atoms with Crippen molar-refractivity contribution < 1.29 is 32.7 Å². The van der Waals surface area contributed by atoms with Gasteiger partial charge in [-0.1, -0.05) is 96.0 Å². The summed E-state index contributed by atoms with van der Waals surface area (Å²) in [5.41, 5.74) is 5.52. The molecule has 0 unspecified atom stereocenters. The highest BCUT2D eigenvalue weighted by atomic mass is 32.2. The Morgan fingerprint density at radius 2 is 1.51 bits per heavy atom. The zero-order valence-electron chi connectivity index (χ0n) is 41.5. The van der Waals surface area contributed by atoms with Crippen molar-refractivity contribution in [1.82, 2.24) is 40.0 Å². The fourth-order valence-electron chi connectivity index (χ4n) is 9.02. The van der Waals surface area contributed by atoms with Gasteiger partial charge in [-0.2, -0.15) is 4.31 Å². The van der Waals surface area contributed by atoms with Crippen molar-refractivity contribution >= 4 is 50.8 Å². The van der Waals surface area contributed by atoms with E-state index in [-0.39, 0.29) is 47.7 Å². The molecule has 2 aliphatic heterocycles. The molecule has 6 rings (SSSR count). The number of aliphatic hydroxyl groups is 1. The molecule has 0 spiro atoms. The second-order valence-corrected chi connectivity index (χ2v) is 22.5. The number of aryl methyl sites for hydroxylation is 1. The number of rotatable bonds is 23. The number of unbranched alkanes of at least 4 members (excludes halogenated alkanes) is 8. The van der Waals surface area contributed by atoms with Gasteiger partial charge in [0.2, 0.25) is 27.7 Å². The van der Waals surface area contributed by atoms with Crippen LogP contribution in [0.1, 0.15) is 121 Å². The average molecular weight is 1000 g/mol. The molecule has 2 fully saturated rings. The van der Waals surface area contributed by atoms with Crippen LogP contribution in [0.5, 0.6) is 0 Å². The number of aromatic nitrogens is 2. The Morgan fingerprint density at radius 1 is 0.857 bits per heavy atom. The molecule has 16 nitrogen and oxygen atoms in total. The number of nitrogens with one attached hydrogen (secondary N) is 4. The molecular weight excluding hydrogens is 927 g/mol. The minimum Gasteiger partial charge on any atom is -0.391 e. The highest BCUT2D eigenvalue weighted by Gasteiger charge is 2.44. The van der Waals surface area contributed by atoms with Crippen LogP contribution >= 0.6 is 11.3 Å². The maximum absolute atomic E-state index is 14.1. The van der Waals surface area contributed by atoms with E-state index in [0.717, 1.165) is 91.6 Å². The monoisotopic (exact) mass is 1000 g/mol. The van der Waals surface area contributed by atoms with Gasteiger partial charge in [0.05, 0.1) is 33.1 Å². The minimum atomic E-state index is -3.64. The first-order valence-corrected chi connectivity index (χ1v) is 27.2. The van der Waals surface area contributed by atoms with E-state index in [2.05, 4.69) is 36.1 Å². The number of anilines is 1. The zero-order chi connectivity index (χ0) is 50.3. The van der Waals surface area contributed by atoms with Gasteiger partial charge in [0, 0.05) is 70.2 Å². The number of likely N-dealkylation sites (tertiary alicyclic amines) is 1. The number of carbonyl (C=O) groups is 4. The number of benzene rings is 2. The fourth-order valence-corrected chi connectivity index (χ4v) is 11.3. The third-order valence-electron chi connectivity index (χ3n) is 13.2. The molecule has 70 heavy (non-hydrogen) atoms. The molecule has 0 saturated carbocycles. The zero-order valence-corrected chi connectivity index (χ0v) is 43.1. The molecule has 0 bridgehead atoms. The van der Waals surface area contributed by atoms with Crippen LogP contribution in [0.25, 0.3) is 10.4 Å². The van der Waals surface area contributed by atoms with Gasteiger partial charge in [-0.15, -0.1) is 11.3 Å². The number of nitrogens with zero attached hydrogens (tertiary/aromatic N) is 5. The van der Waals surface area contributed by atoms with E-state index < -0.39 is 33.6 Å². The summed E-state index contributed by atoms with van der Waals surface area (Å²) >= 11 is 1.58. The van der Waals surface area contributed by atoms with Crippen molar-refractivity contribution in [2.24, 2.45) is 5.41 Å². The first-order valence-electron chi connectivity index (χ1n) is 24.8. The lowest BCUT2D eigenvalue weighted by molar-refractivity contribution is -0.144. The number of hydrogen-bond acceptors (Lipinski definition) is 11. The molecule has 380 valence electrons. The van der Waals surface area contributed by atoms with Crippen molar-refractivity contribution in [3.63, 3.8) is 0 Å². The largest absolute Gasteiger partial charge is 0.391 e. The maximum atomic E-state index is 14.1. The molecule has 18 heteroatoms. The first-order chi connectivity index (χ1) is 33.5. The van der Waals surface area contributed by atoms with Gasteiger partial charge >= 0.3 is 6.03 Å². The second-order valence-electron chi connectivity index (χ2n) is 19.8. The van der Waals surface area contributed by atoms with Gasteiger partial charge in [0.1, 0.15) is 12.1 Å². The number of hydrogen-bond donors (Lipinski definition) is 5. The van der Waals surface area contributed by atoms with Crippen LogP contribution in [0.3, 0.4) is 0 Å². The normalized spacial score (nSPS) is 17.7. The molecule has 2 aromatic carbocycles.